The maximum atomic E-state index is 13.8. The number of esters is 1. The number of ether oxygens (including phenoxy) is 6. The summed E-state index contributed by atoms with van der Waals surface area (Å²) in [5, 5.41) is 0. The van der Waals surface area contributed by atoms with Crippen LogP contribution in [0, 0.1) is 0 Å². The first kappa shape index (κ1) is 34.3. The van der Waals surface area contributed by atoms with Gasteiger partial charge < -0.3 is 33.3 Å². The van der Waals surface area contributed by atoms with Gasteiger partial charge in [-0.05, 0) is 57.6 Å². The van der Waals surface area contributed by atoms with E-state index in [9.17, 15) is 9.59 Å². The zero-order valence-corrected chi connectivity index (χ0v) is 28.0. The fourth-order valence-corrected chi connectivity index (χ4v) is 8.51. The molecule has 6 atom stereocenters. The van der Waals surface area contributed by atoms with Crippen LogP contribution in [0.5, 0.6) is 0 Å². The third kappa shape index (κ3) is 8.56. The van der Waals surface area contributed by atoms with E-state index < -0.39 is 41.9 Å². The molecule has 1 aromatic rings. The van der Waals surface area contributed by atoms with E-state index in [4.69, 9.17) is 28.4 Å². The second-order valence-corrected chi connectivity index (χ2v) is 14.7. The van der Waals surface area contributed by atoms with Crippen molar-refractivity contribution in [2.45, 2.75) is 114 Å². The molecule has 0 aliphatic carbocycles. The Labute approximate surface area is 264 Å². The van der Waals surface area contributed by atoms with E-state index in [-0.39, 0.29) is 29.2 Å². The van der Waals surface area contributed by atoms with Crippen molar-refractivity contribution in [3.05, 3.63) is 48.0 Å². The molecule has 3 saturated heterocycles. The number of β-lactam (4-membered cyclic amide) rings is 1. The molecule has 9 nitrogen and oxygen atoms in total. The monoisotopic (exact) mass is 637 g/mol. The van der Waals surface area contributed by atoms with Crippen LogP contribution >= 0.6 is 23.5 Å². The van der Waals surface area contributed by atoms with E-state index in [1.165, 1.54) is 13.2 Å². The number of hydrogen-bond donors (Lipinski definition) is 0. The molecule has 3 heterocycles. The van der Waals surface area contributed by atoms with Gasteiger partial charge in [-0.3, -0.25) is 4.79 Å². The number of likely N-dealkylation sites (tertiary alicyclic amines) is 1. The average molecular weight is 638 g/mol. The number of carbonyl (C=O) groups is 2. The second-order valence-electron chi connectivity index (χ2n) is 11.9. The van der Waals surface area contributed by atoms with Crippen LogP contribution in [0.2, 0.25) is 0 Å². The Balaban J connectivity index is 1.64. The Bertz CT molecular complexity index is 1090. The summed E-state index contributed by atoms with van der Waals surface area (Å²) in [5.74, 6) is -0.400. The summed E-state index contributed by atoms with van der Waals surface area (Å²) >= 11 is 3.65. The zero-order chi connectivity index (χ0) is 31.2. The zero-order valence-electron chi connectivity index (χ0n) is 26.4. The molecule has 1 aromatic carbocycles. The summed E-state index contributed by atoms with van der Waals surface area (Å²) in [5.41, 5.74) is 0.900. The number of methoxy groups -OCH3 is 1. The van der Waals surface area contributed by atoms with Crippen molar-refractivity contribution in [1.82, 2.24) is 4.90 Å². The highest BCUT2D eigenvalue weighted by molar-refractivity contribution is 8.17. The number of nitrogens with zero attached hydrogens (tertiary/aromatic N) is 1. The van der Waals surface area contributed by atoms with Gasteiger partial charge >= 0.3 is 5.97 Å². The number of rotatable bonds is 15. The molecule has 3 aliphatic rings. The van der Waals surface area contributed by atoms with Gasteiger partial charge in [-0.15, -0.1) is 23.5 Å². The van der Waals surface area contributed by atoms with Gasteiger partial charge in [0.05, 0.1) is 23.3 Å². The SMILES string of the molecule is CCCSC(SCCC)[C@@H]([C@H]1OC(C)(C)O[C@H]1[C@H]1COC(C)(C)O1)N1C(=O)[C@@H](OC)[C@H]1/C=C/C(=O)OCc1ccccc1. The molecule has 43 heavy (non-hydrogen) atoms. The molecule has 0 aromatic heterocycles. The summed E-state index contributed by atoms with van der Waals surface area (Å²) in [6, 6.07) is 8.65. The van der Waals surface area contributed by atoms with Gasteiger partial charge in [0.1, 0.15) is 24.9 Å². The van der Waals surface area contributed by atoms with Gasteiger partial charge in [-0.1, -0.05) is 50.3 Å². The number of thioether (sulfide) groups is 2. The lowest BCUT2D eigenvalue weighted by molar-refractivity contribution is -0.182. The summed E-state index contributed by atoms with van der Waals surface area (Å²) in [4.78, 5) is 28.3. The Hall–Kier alpha value is -1.60. The molecule has 0 N–H and O–H groups in total. The van der Waals surface area contributed by atoms with Crippen molar-refractivity contribution in [3.8, 4) is 0 Å². The van der Waals surface area contributed by atoms with Crippen LogP contribution in [0.3, 0.4) is 0 Å². The summed E-state index contributed by atoms with van der Waals surface area (Å²) < 4.78 is 36.4. The first-order valence-electron chi connectivity index (χ1n) is 15.1. The van der Waals surface area contributed by atoms with Crippen LogP contribution in [0.25, 0.3) is 0 Å². The molecule has 0 saturated carbocycles. The van der Waals surface area contributed by atoms with Crippen molar-refractivity contribution in [3.63, 3.8) is 0 Å². The van der Waals surface area contributed by atoms with Gasteiger partial charge in [-0.25, -0.2) is 4.79 Å². The van der Waals surface area contributed by atoms with Crippen molar-refractivity contribution in [1.29, 1.82) is 0 Å². The fourth-order valence-electron chi connectivity index (χ4n) is 5.64. The fraction of sp³-hybridized carbons (Fsp3) is 0.688. The van der Waals surface area contributed by atoms with Crippen molar-refractivity contribution in [2.75, 3.05) is 25.2 Å². The summed E-state index contributed by atoms with van der Waals surface area (Å²) in [6.45, 7) is 12.4. The standard InChI is InChI=1S/C32H47NO8S2/c1-8-17-42-30(43-18-9-2)25(28-27(40-32(5,6)41-28)23-20-38-31(3,4)39-23)33-22(26(36-7)29(33)35)15-16-24(34)37-19-21-13-11-10-12-14-21/h10-16,22-23,25-28,30H,8-9,17-20H2,1-7H3/b16-15+/t22-,23-,25-,26+,27+,28-/m1/s1. The van der Waals surface area contributed by atoms with Gasteiger partial charge in [0.25, 0.3) is 5.91 Å². The lowest BCUT2D eigenvalue weighted by Gasteiger charge is -2.52. The van der Waals surface area contributed by atoms with Crippen LogP contribution in [-0.2, 0) is 44.6 Å². The topological polar surface area (TPSA) is 92.8 Å². The van der Waals surface area contributed by atoms with Gasteiger partial charge in [0.15, 0.2) is 17.7 Å². The Morgan fingerprint density at radius 1 is 1.05 bits per heavy atom. The molecular weight excluding hydrogens is 590 g/mol. The largest absolute Gasteiger partial charge is 0.458 e. The highest BCUT2D eigenvalue weighted by Crippen LogP contribution is 2.45. The average Bonchev–Trinajstić information content (AvgIpc) is 3.50. The third-order valence-corrected chi connectivity index (χ3v) is 10.8. The van der Waals surface area contributed by atoms with E-state index in [0.29, 0.717) is 6.61 Å². The van der Waals surface area contributed by atoms with Crippen LogP contribution < -0.4 is 0 Å². The van der Waals surface area contributed by atoms with Crippen LogP contribution in [-0.4, -0.2) is 94.7 Å². The Morgan fingerprint density at radius 2 is 1.72 bits per heavy atom. The van der Waals surface area contributed by atoms with Crippen molar-refractivity contribution in [2.24, 2.45) is 0 Å². The normalized spacial score (nSPS) is 28.9. The van der Waals surface area contributed by atoms with Crippen molar-refractivity contribution < 1.29 is 38.0 Å². The van der Waals surface area contributed by atoms with Crippen LogP contribution in [0.4, 0.5) is 0 Å². The lowest BCUT2D eigenvalue weighted by Crippen LogP contribution is -2.72. The minimum Gasteiger partial charge on any atom is -0.458 e. The van der Waals surface area contributed by atoms with Gasteiger partial charge in [-0.2, -0.15) is 0 Å². The second kappa shape index (κ2) is 15.1. The maximum absolute atomic E-state index is 13.8. The van der Waals surface area contributed by atoms with Gasteiger partial charge in [0.2, 0.25) is 0 Å². The van der Waals surface area contributed by atoms with E-state index in [1.54, 1.807) is 6.08 Å². The number of amides is 1. The molecule has 4 rings (SSSR count). The maximum Gasteiger partial charge on any atom is 0.330 e. The van der Waals surface area contributed by atoms with Crippen LogP contribution in [0.1, 0.15) is 59.9 Å². The first-order chi connectivity index (χ1) is 20.5. The summed E-state index contributed by atoms with van der Waals surface area (Å²) in [6.07, 6.45) is 3.06. The van der Waals surface area contributed by atoms with E-state index in [2.05, 4.69) is 13.8 Å². The summed E-state index contributed by atoms with van der Waals surface area (Å²) in [7, 11) is 1.52. The molecular formula is C32H47NO8S2. The quantitative estimate of drug-likeness (QED) is 0.111. The molecule has 0 unspecified atom stereocenters. The van der Waals surface area contributed by atoms with Crippen molar-refractivity contribution >= 4 is 35.4 Å². The molecule has 3 aliphatic heterocycles. The molecule has 1 amide bonds. The number of carbonyl (C=O) groups excluding carboxylic acids is 2. The van der Waals surface area contributed by atoms with E-state index >= 15 is 0 Å². The number of hydrogen-bond acceptors (Lipinski definition) is 10. The smallest absolute Gasteiger partial charge is 0.330 e. The Kier molecular flexibility index (Phi) is 12.1. The first-order valence-corrected chi connectivity index (χ1v) is 17.2. The van der Waals surface area contributed by atoms with Crippen LogP contribution in [0.15, 0.2) is 42.5 Å². The minimum absolute atomic E-state index is 0.0112. The minimum atomic E-state index is -0.889. The lowest BCUT2D eigenvalue weighted by atomic mass is 9.90. The molecule has 0 radical (unpaired) electrons. The van der Waals surface area contributed by atoms with E-state index in [1.807, 2.05) is 86.5 Å². The molecule has 240 valence electrons. The number of benzene rings is 1. The molecule has 3 fully saturated rings. The predicted octanol–water partition coefficient (Wildman–Crippen LogP) is 5.16. The highest BCUT2D eigenvalue weighted by Gasteiger charge is 2.60. The predicted molar refractivity (Wildman–Crippen MR) is 169 cm³/mol. The highest BCUT2D eigenvalue weighted by atomic mass is 32.2. The molecule has 0 bridgehead atoms. The van der Waals surface area contributed by atoms with Gasteiger partial charge in [0, 0.05) is 13.2 Å². The molecule has 11 heteroatoms. The third-order valence-electron chi connectivity index (χ3n) is 7.51. The molecule has 0 spiro atoms. The van der Waals surface area contributed by atoms with E-state index in [0.717, 1.165) is 29.9 Å². The Morgan fingerprint density at radius 3 is 2.30 bits per heavy atom.